The van der Waals surface area contributed by atoms with E-state index < -0.39 is 0 Å². The summed E-state index contributed by atoms with van der Waals surface area (Å²) in [5.41, 5.74) is 2.05. The van der Waals surface area contributed by atoms with Crippen LogP contribution in [0.2, 0.25) is 0 Å². The van der Waals surface area contributed by atoms with Crippen LogP contribution in [0.25, 0.3) is 12.2 Å². The first kappa shape index (κ1) is 6.40. The van der Waals surface area contributed by atoms with E-state index in [2.05, 4.69) is 23.4 Å². The molecule has 1 heterocycles. The molecule has 2 heteroatoms. The summed E-state index contributed by atoms with van der Waals surface area (Å²) in [4.78, 5) is 0. The highest BCUT2D eigenvalue weighted by atomic mass is 16.5. The summed E-state index contributed by atoms with van der Waals surface area (Å²) >= 11 is 0. The van der Waals surface area contributed by atoms with Crippen LogP contribution in [-0.4, -0.2) is 5.16 Å². The van der Waals surface area contributed by atoms with Gasteiger partial charge in [0, 0.05) is 5.56 Å². The number of aromatic nitrogens is 1. The number of hydrogen-bond acceptors (Lipinski definition) is 2. The van der Waals surface area contributed by atoms with Crippen molar-refractivity contribution in [3.63, 3.8) is 0 Å². The summed E-state index contributed by atoms with van der Waals surface area (Å²) in [5.74, 6) is 0.891. The van der Waals surface area contributed by atoms with Crippen molar-refractivity contribution >= 4 is 12.2 Å². The number of allylic oxidation sites excluding steroid dienone is 2. The van der Waals surface area contributed by atoms with Crippen LogP contribution >= 0.6 is 0 Å². The van der Waals surface area contributed by atoms with Crippen LogP contribution in [0.4, 0.5) is 0 Å². The van der Waals surface area contributed by atoms with Gasteiger partial charge in [-0.3, -0.25) is 0 Å². The zero-order valence-corrected chi connectivity index (χ0v) is 6.37. The van der Waals surface area contributed by atoms with Crippen LogP contribution in [-0.2, 0) is 0 Å². The van der Waals surface area contributed by atoms with E-state index in [-0.39, 0.29) is 0 Å². The van der Waals surface area contributed by atoms with Crippen LogP contribution in [0, 0.1) is 6.92 Å². The highest BCUT2D eigenvalue weighted by Crippen LogP contribution is 2.19. The second kappa shape index (κ2) is 2.38. The van der Waals surface area contributed by atoms with Gasteiger partial charge in [0.15, 0.2) is 0 Å². The molecule has 0 saturated heterocycles. The van der Waals surface area contributed by atoms with Crippen molar-refractivity contribution in [2.45, 2.75) is 13.3 Å². The van der Waals surface area contributed by atoms with Crippen LogP contribution in [0.1, 0.15) is 23.4 Å². The molecule has 1 aromatic heterocycles. The second-order valence-corrected chi connectivity index (χ2v) is 2.58. The van der Waals surface area contributed by atoms with Crippen molar-refractivity contribution in [2.75, 3.05) is 0 Å². The van der Waals surface area contributed by atoms with Gasteiger partial charge in [0.2, 0.25) is 0 Å². The average Bonchev–Trinajstić information content (AvgIpc) is 2.25. The van der Waals surface area contributed by atoms with Gasteiger partial charge in [-0.25, -0.2) is 0 Å². The maximum Gasteiger partial charge on any atom is 0.141 e. The molecular formula is C9H9NO. The van der Waals surface area contributed by atoms with Crippen LogP contribution in [0.3, 0.4) is 0 Å². The van der Waals surface area contributed by atoms with Gasteiger partial charge in [0.1, 0.15) is 11.5 Å². The van der Waals surface area contributed by atoms with E-state index in [0.717, 1.165) is 23.4 Å². The molecule has 0 unspecified atom stereocenters. The molecule has 0 N–H and O–H groups in total. The molecule has 11 heavy (non-hydrogen) atoms. The van der Waals surface area contributed by atoms with Crippen molar-refractivity contribution in [3.05, 3.63) is 29.2 Å². The Morgan fingerprint density at radius 1 is 1.36 bits per heavy atom. The van der Waals surface area contributed by atoms with Crippen molar-refractivity contribution in [3.8, 4) is 0 Å². The molecule has 0 amide bonds. The van der Waals surface area contributed by atoms with Crippen molar-refractivity contribution in [1.82, 2.24) is 5.16 Å². The van der Waals surface area contributed by atoms with E-state index in [1.54, 1.807) is 0 Å². The molecule has 0 saturated carbocycles. The number of aryl methyl sites for hydroxylation is 1. The van der Waals surface area contributed by atoms with Crippen molar-refractivity contribution < 1.29 is 4.52 Å². The second-order valence-electron chi connectivity index (χ2n) is 2.58. The SMILES string of the molecule is Cc1onc2c1C=CCC=C2. The van der Waals surface area contributed by atoms with E-state index in [1.165, 1.54) is 0 Å². The molecular weight excluding hydrogens is 138 g/mol. The summed E-state index contributed by atoms with van der Waals surface area (Å²) in [6.45, 7) is 1.93. The molecule has 1 aromatic rings. The molecule has 0 aromatic carbocycles. The Bertz CT molecular complexity index is 320. The summed E-state index contributed by atoms with van der Waals surface area (Å²) in [5, 5.41) is 3.90. The largest absolute Gasteiger partial charge is 0.360 e. The fourth-order valence-corrected chi connectivity index (χ4v) is 1.16. The molecule has 1 aliphatic carbocycles. The van der Waals surface area contributed by atoms with Crippen molar-refractivity contribution in [1.29, 1.82) is 0 Å². The Labute approximate surface area is 65.2 Å². The van der Waals surface area contributed by atoms with Gasteiger partial charge in [-0.2, -0.15) is 0 Å². The normalized spacial score (nSPS) is 14.6. The van der Waals surface area contributed by atoms with Gasteiger partial charge < -0.3 is 4.52 Å². The first-order chi connectivity index (χ1) is 5.38. The van der Waals surface area contributed by atoms with Crippen LogP contribution < -0.4 is 0 Å². The fourth-order valence-electron chi connectivity index (χ4n) is 1.16. The Kier molecular flexibility index (Phi) is 1.39. The van der Waals surface area contributed by atoms with Gasteiger partial charge in [0.25, 0.3) is 0 Å². The van der Waals surface area contributed by atoms with E-state index in [4.69, 9.17) is 4.52 Å². The van der Waals surface area contributed by atoms with Gasteiger partial charge in [-0.15, -0.1) is 0 Å². The Balaban J connectivity index is 2.60. The smallest absolute Gasteiger partial charge is 0.141 e. The molecule has 1 aliphatic rings. The number of fused-ring (bicyclic) bond motifs is 1. The lowest BCUT2D eigenvalue weighted by Crippen LogP contribution is -1.74. The zero-order valence-electron chi connectivity index (χ0n) is 6.37. The molecule has 0 bridgehead atoms. The molecule has 0 fully saturated rings. The number of nitrogens with zero attached hydrogens (tertiary/aromatic N) is 1. The zero-order chi connectivity index (χ0) is 7.68. The Hall–Kier alpha value is -1.31. The first-order valence-corrected chi connectivity index (χ1v) is 3.67. The fraction of sp³-hybridized carbons (Fsp3) is 0.222. The summed E-state index contributed by atoms with van der Waals surface area (Å²) in [6, 6.07) is 0. The minimum Gasteiger partial charge on any atom is -0.360 e. The Morgan fingerprint density at radius 3 is 3.09 bits per heavy atom. The minimum atomic E-state index is 0.891. The molecule has 0 spiro atoms. The van der Waals surface area contributed by atoms with E-state index in [0.29, 0.717) is 0 Å². The minimum absolute atomic E-state index is 0.891. The van der Waals surface area contributed by atoms with Crippen LogP contribution in [0.15, 0.2) is 16.7 Å². The predicted octanol–water partition coefficient (Wildman–Crippen LogP) is 2.41. The van der Waals surface area contributed by atoms with Gasteiger partial charge in [-0.05, 0) is 19.4 Å². The standard InChI is InChI=1S/C9H9NO/c1-7-8-5-3-2-4-6-9(8)10-11-7/h3-6H,2H2,1H3. The third-order valence-corrected chi connectivity index (χ3v) is 1.77. The molecule has 0 atom stereocenters. The van der Waals surface area contributed by atoms with E-state index in [9.17, 15) is 0 Å². The number of rotatable bonds is 0. The quantitative estimate of drug-likeness (QED) is 0.563. The Morgan fingerprint density at radius 2 is 2.18 bits per heavy atom. The van der Waals surface area contributed by atoms with Crippen LogP contribution in [0.5, 0.6) is 0 Å². The summed E-state index contributed by atoms with van der Waals surface area (Å²) in [6.07, 6.45) is 9.21. The molecule has 2 rings (SSSR count). The third kappa shape index (κ3) is 1.00. The van der Waals surface area contributed by atoms with E-state index >= 15 is 0 Å². The van der Waals surface area contributed by atoms with E-state index in [1.807, 2.05) is 13.0 Å². The maximum absolute atomic E-state index is 5.02. The lowest BCUT2D eigenvalue weighted by Gasteiger charge is -1.84. The first-order valence-electron chi connectivity index (χ1n) is 3.67. The number of hydrogen-bond donors (Lipinski definition) is 0. The van der Waals surface area contributed by atoms with Gasteiger partial charge in [0.05, 0.1) is 0 Å². The lowest BCUT2D eigenvalue weighted by atomic mass is 10.2. The van der Waals surface area contributed by atoms with Gasteiger partial charge in [-0.1, -0.05) is 23.4 Å². The predicted molar refractivity (Wildman–Crippen MR) is 43.9 cm³/mol. The molecule has 2 nitrogen and oxygen atoms in total. The monoisotopic (exact) mass is 147 g/mol. The highest BCUT2D eigenvalue weighted by molar-refractivity contribution is 5.65. The molecule has 0 aliphatic heterocycles. The average molecular weight is 147 g/mol. The topological polar surface area (TPSA) is 26.0 Å². The highest BCUT2D eigenvalue weighted by Gasteiger charge is 2.07. The summed E-state index contributed by atoms with van der Waals surface area (Å²) in [7, 11) is 0. The summed E-state index contributed by atoms with van der Waals surface area (Å²) < 4.78 is 5.02. The third-order valence-electron chi connectivity index (χ3n) is 1.77. The molecule has 0 radical (unpaired) electrons. The van der Waals surface area contributed by atoms with Crippen molar-refractivity contribution in [2.24, 2.45) is 0 Å². The lowest BCUT2D eigenvalue weighted by molar-refractivity contribution is 0.396. The molecule has 56 valence electrons. The maximum atomic E-state index is 5.02. The van der Waals surface area contributed by atoms with Gasteiger partial charge >= 0.3 is 0 Å².